The van der Waals surface area contributed by atoms with E-state index in [4.69, 9.17) is 0 Å². The Kier molecular flexibility index (Phi) is 5.01. The fraction of sp³-hybridized carbons (Fsp3) is 0.615. The summed E-state index contributed by atoms with van der Waals surface area (Å²) in [5.74, 6) is 0.850. The smallest absolute Gasteiger partial charge is 0.251 e. The molecule has 0 saturated heterocycles. The van der Waals surface area contributed by atoms with Crippen LogP contribution in [0.5, 0.6) is 0 Å². The minimum Gasteiger partial charge on any atom is -0.352 e. The molecular formula is C13H19N3O2S. The molecule has 104 valence electrons. The largest absolute Gasteiger partial charge is 0.352 e. The summed E-state index contributed by atoms with van der Waals surface area (Å²) in [6, 6.07) is 1.65. The van der Waals surface area contributed by atoms with Gasteiger partial charge in [-0.05, 0) is 18.8 Å². The molecule has 1 aromatic rings. The Bertz CT molecular complexity index is 489. The second-order valence-corrected chi connectivity index (χ2v) is 5.93. The zero-order valence-corrected chi connectivity index (χ0v) is 11.8. The summed E-state index contributed by atoms with van der Waals surface area (Å²) in [6.07, 6.45) is 6.15. The summed E-state index contributed by atoms with van der Waals surface area (Å²) in [5, 5.41) is 3.56. The van der Waals surface area contributed by atoms with E-state index in [1.165, 1.54) is 43.3 Å². The van der Waals surface area contributed by atoms with Crippen molar-refractivity contribution in [2.75, 3.05) is 5.75 Å². The van der Waals surface area contributed by atoms with Gasteiger partial charge in [0.1, 0.15) is 0 Å². The van der Waals surface area contributed by atoms with Crippen LogP contribution in [0.25, 0.3) is 0 Å². The Morgan fingerprint density at radius 2 is 2.32 bits per heavy atom. The minimum absolute atomic E-state index is 0.00949. The highest BCUT2D eigenvalue weighted by atomic mass is 32.2. The molecule has 2 unspecified atom stereocenters. The third kappa shape index (κ3) is 4.38. The van der Waals surface area contributed by atoms with Gasteiger partial charge in [-0.1, -0.05) is 31.5 Å². The lowest BCUT2D eigenvalue weighted by Crippen LogP contribution is -2.41. The van der Waals surface area contributed by atoms with E-state index < -0.39 is 0 Å². The van der Waals surface area contributed by atoms with E-state index in [1.54, 1.807) is 0 Å². The SMILES string of the molecule is CC1CCCCC1NC(=O)CSc1nccc(=O)[nH]1. The summed E-state index contributed by atoms with van der Waals surface area (Å²) < 4.78 is 0. The molecule has 2 atom stereocenters. The van der Waals surface area contributed by atoms with Gasteiger partial charge >= 0.3 is 0 Å². The molecule has 0 spiro atoms. The average Bonchev–Trinajstić information content (AvgIpc) is 2.39. The number of carbonyl (C=O) groups excluding carboxylic acids is 1. The maximum absolute atomic E-state index is 11.9. The lowest BCUT2D eigenvalue weighted by Gasteiger charge is -2.29. The first-order valence-corrected chi connectivity index (χ1v) is 7.61. The van der Waals surface area contributed by atoms with Crippen LogP contribution in [0.15, 0.2) is 22.2 Å². The topological polar surface area (TPSA) is 74.8 Å². The quantitative estimate of drug-likeness (QED) is 0.649. The van der Waals surface area contributed by atoms with Crippen LogP contribution in [-0.2, 0) is 4.79 Å². The van der Waals surface area contributed by atoms with Crippen LogP contribution >= 0.6 is 11.8 Å². The van der Waals surface area contributed by atoms with Crippen molar-refractivity contribution in [3.05, 3.63) is 22.6 Å². The molecule has 1 amide bonds. The molecule has 1 heterocycles. The first-order valence-electron chi connectivity index (χ1n) is 6.62. The Hall–Kier alpha value is -1.30. The van der Waals surface area contributed by atoms with Crippen LogP contribution in [0.3, 0.4) is 0 Å². The Labute approximate surface area is 116 Å². The molecule has 2 N–H and O–H groups in total. The number of amides is 1. The number of H-pyrrole nitrogens is 1. The van der Waals surface area contributed by atoms with E-state index in [2.05, 4.69) is 22.2 Å². The van der Waals surface area contributed by atoms with Gasteiger partial charge in [-0.25, -0.2) is 4.98 Å². The number of thioether (sulfide) groups is 1. The van der Waals surface area contributed by atoms with E-state index in [-0.39, 0.29) is 17.2 Å². The van der Waals surface area contributed by atoms with E-state index in [9.17, 15) is 9.59 Å². The molecule has 5 nitrogen and oxygen atoms in total. The van der Waals surface area contributed by atoms with Crippen molar-refractivity contribution in [3.8, 4) is 0 Å². The molecule has 1 aliphatic carbocycles. The molecular weight excluding hydrogens is 262 g/mol. The molecule has 0 aromatic carbocycles. The van der Waals surface area contributed by atoms with Crippen LogP contribution in [0.2, 0.25) is 0 Å². The molecule has 2 rings (SSSR count). The van der Waals surface area contributed by atoms with E-state index in [1.807, 2.05) is 0 Å². The standard InChI is InChI=1S/C13H19N3O2S/c1-9-4-2-3-5-10(9)15-12(18)8-19-13-14-7-6-11(17)16-13/h6-7,9-10H,2-5,8H2,1H3,(H,15,18)(H,14,16,17). The van der Waals surface area contributed by atoms with Crippen molar-refractivity contribution in [2.45, 2.75) is 43.8 Å². The van der Waals surface area contributed by atoms with Crippen LogP contribution in [0, 0.1) is 5.92 Å². The van der Waals surface area contributed by atoms with Crippen molar-refractivity contribution >= 4 is 17.7 Å². The lowest BCUT2D eigenvalue weighted by atomic mass is 9.86. The molecule has 19 heavy (non-hydrogen) atoms. The van der Waals surface area contributed by atoms with E-state index in [0.717, 1.165) is 6.42 Å². The third-order valence-electron chi connectivity index (χ3n) is 3.45. The zero-order chi connectivity index (χ0) is 13.7. The van der Waals surface area contributed by atoms with Gasteiger partial charge in [-0.3, -0.25) is 9.59 Å². The maximum atomic E-state index is 11.9. The van der Waals surface area contributed by atoms with Gasteiger partial charge in [0, 0.05) is 18.3 Å². The molecule has 0 bridgehead atoms. The Morgan fingerprint density at radius 1 is 1.53 bits per heavy atom. The monoisotopic (exact) mass is 281 g/mol. The number of carbonyl (C=O) groups is 1. The molecule has 6 heteroatoms. The highest BCUT2D eigenvalue weighted by Crippen LogP contribution is 2.23. The molecule has 1 saturated carbocycles. The normalized spacial score (nSPS) is 23.0. The van der Waals surface area contributed by atoms with Crippen molar-refractivity contribution in [1.82, 2.24) is 15.3 Å². The summed E-state index contributed by atoms with van der Waals surface area (Å²) >= 11 is 1.25. The predicted octanol–water partition coefficient (Wildman–Crippen LogP) is 1.56. The second-order valence-electron chi connectivity index (χ2n) is 4.96. The number of aromatic nitrogens is 2. The fourth-order valence-electron chi connectivity index (χ4n) is 2.34. The second kappa shape index (κ2) is 6.75. The number of rotatable bonds is 4. The predicted molar refractivity (Wildman–Crippen MR) is 75.1 cm³/mol. The maximum Gasteiger partial charge on any atom is 0.251 e. The number of aromatic amines is 1. The van der Waals surface area contributed by atoms with Gasteiger partial charge < -0.3 is 10.3 Å². The summed E-state index contributed by atoms with van der Waals surface area (Å²) in [5.41, 5.74) is -0.196. The Balaban J connectivity index is 1.79. The molecule has 0 aliphatic heterocycles. The van der Waals surface area contributed by atoms with Crippen LogP contribution in [0.4, 0.5) is 0 Å². The molecule has 0 radical (unpaired) electrons. The average molecular weight is 281 g/mol. The number of nitrogens with zero attached hydrogens (tertiary/aromatic N) is 1. The van der Waals surface area contributed by atoms with Crippen LogP contribution in [-0.4, -0.2) is 27.7 Å². The van der Waals surface area contributed by atoms with Crippen LogP contribution in [0.1, 0.15) is 32.6 Å². The van der Waals surface area contributed by atoms with Gasteiger partial charge in [0.05, 0.1) is 5.75 Å². The van der Waals surface area contributed by atoms with Gasteiger partial charge in [0.2, 0.25) is 5.91 Å². The van der Waals surface area contributed by atoms with Crippen molar-refractivity contribution in [1.29, 1.82) is 0 Å². The highest BCUT2D eigenvalue weighted by Gasteiger charge is 2.22. The number of hydrogen-bond donors (Lipinski definition) is 2. The van der Waals surface area contributed by atoms with Crippen molar-refractivity contribution < 1.29 is 4.79 Å². The third-order valence-corrected chi connectivity index (χ3v) is 4.33. The first-order chi connectivity index (χ1) is 9.15. The van der Waals surface area contributed by atoms with Crippen molar-refractivity contribution in [3.63, 3.8) is 0 Å². The highest BCUT2D eigenvalue weighted by molar-refractivity contribution is 7.99. The van der Waals surface area contributed by atoms with Crippen molar-refractivity contribution in [2.24, 2.45) is 5.92 Å². The summed E-state index contributed by atoms with van der Waals surface area (Å²) in [7, 11) is 0. The van der Waals surface area contributed by atoms with E-state index >= 15 is 0 Å². The Morgan fingerprint density at radius 3 is 3.05 bits per heavy atom. The number of nitrogens with one attached hydrogen (secondary N) is 2. The summed E-state index contributed by atoms with van der Waals surface area (Å²) in [6.45, 7) is 2.19. The molecule has 1 aliphatic rings. The van der Waals surface area contributed by atoms with Gasteiger partial charge in [0.25, 0.3) is 5.56 Å². The van der Waals surface area contributed by atoms with Gasteiger partial charge in [0.15, 0.2) is 5.16 Å². The zero-order valence-electron chi connectivity index (χ0n) is 11.0. The molecule has 1 aromatic heterocycles. The first kappa shape index (κ1) is 14.1. The minimum atomic E-state index is -0.196. The van der Waals surface area contributed by atoms with Gasteiger partial charge in [-0.15, -0.1) is 0 Å². The summed E-state index contributed by atoms with van der Waals surface area (Å²) in [4.78, 5) is 29.5. The lowest BCUT2D eigenvalue weighted by molar-refractivity contribution is -0.119. The fourth-order valence-corrected chi connectivity index (χ4v) is 3.00. The number of hydrogen-bond acceptors (Lipinski definition) is 4. The van der Waals surface area contributed by atoms with Crippen LogP contribution < -0.4 is 10.9 Å². The molecule has 1 fully saturated rings. The van der Waals surface area contributed by atoms with Gasteiger partial charge in [-0.2, -0.15) is 0 Å². The van der Waals surface area contributed by atoms with E-state index in [0.29, 0.717) is 17.1 Å².